The number of benzene rings is 1. The lowest BCUT2D eigenvalue weighted by molar-refractivity contribution is -0.139. The summed E-state index contributed by atoms with van der Waals surface area (Å²) in [4.78, 5) is 14.0. The highest BCUT2D eigenvalue weighted by Crippen LogP contribution is 2.28. The molecule has 3 rings (SSSR count). The zero-order chi connectivity index (χ0) is 15.7. The van der Waals surface area contributed by atoms with Gasteiger partial charge in [-0.25, -0.2) is 12.8 Å². The minimum Gasteiger partial charge on any atom is -0.340 e. The predicted octanol–water partition coefficient (Wildman–Crippen LogP) is 2.17. The summed E-state index contributed by atoms with van der Waals surface area (Å²) < 4.78 is 37.7. The van der Waals surface area contributed by atoms with Crippen molar-refractivity contribution in [2.45, 2.75) is 29.4 Å². The van der Waals surface area contributed by atoms with E-state index in [2.05, 4.69) is 6.08 Å². The van der Waals surface area contributed by atoms with Gasteiger partial charge in [0, 0.05) is 19.0 Å². The Kier molecular flexibility index (Phi) is 4.04. The van der Waals surface area contributed by atoms with Crippen molar-refractivity contribution in [3.05, 3.63) is 42.2 Å². The van der Waals surface area contributed by atoms with Crippen LogP contribution in [0.3, 0.4) is 0 Å². The topological polar surface area (TPSA) is 54.5 Å². The van der Waals surface area contributed by atoms with Gasteiger partial charge in [0.2, 0.25) is 5.91 Å². The summed E-state index contributed by atoms with van der Waals surface area (Å²) in [7, 11) is -3.49. The summed E-state index contributed by atoms with van der Waals surface area (Å²) in [5.41, 5.74) is 0. The van der Waals surface area contributed by atoms with Crippen molar-refractivity contribution in [3.63, 3.8) is 0 Å². The van der Waals surface area contributed by atoms with Crippen LogP contribution < -0.4 is 0 Å². The van der Waals surface area contributed by atoms with E-state index < -0.39 is 20.9 Å². The largest absolute Gasteiger partial charge is 0.340 e. The number of hydrogen-bond acceptors (Lipinski definition) is 3. The normalized spacial score (nSPS) is 22.4. The van der Waals surface area contributed by atoms with E-state index in [-0.39, 0.29) is 29.8 Å². The van der Waals surface area contributed by atoms with Crippen LogP contribution in [-0.2, 0) is 14.6 Å². The molecule has 0 aromatic heterocycles. The van der Waals surface area contributed by atoms with Crippen molar-refractivity contribution in [3.8, 4) is 0 Å². The van der Waals surface area contributed by atoms with E-state index >= 15 is 0 Å². The molecule has 118 valence electrons. The molecule has 6 heteroatoms. The monoisotopic (exact) mass is 323 g/mol. The van der Waals surface area contributed by atoms with Crippen LogP contribution in [0.4, 0.5) is 4.39 Å². The van der Waals surface area contributed by atoms with Gasteiger partial charge < -0.3 is 4.90 Å². The van der Waals surface area contributed by atoms with E-state index in [0.717, 1.165) is 31.4 Å². The van der Waals surface area contributed by atoms with Crippen LogP contribution in [0.2, 0.25) is 0 Å². The van der Waals surface area contributed by atoms with Gasteiger partial charge in [0.05, 0.1) is 4.90 Å². The predicted molar refractivity (Wildman–Crippen MR) is 80.4 cm³/mol. The molecule has 0 bridgehead atoms. The number of allylic oxidation sites excluding steroid dienone is 2. The van der Waals surface area contributed by atoms with Gasteiger partial charge in [-0.1, -0.05) is 12.2 Å². The van der Waals surface area contributed by atoms with Gasteiger partial charge in [-0.15, -0.1) is 0 Å². The maximum absolute atomic E-state index is 12.9. The molecule has 1 atom stereocenters. The van der Waals surface area contributed by atoms with Crippen molar-refractivity contribution in [2.24, 2.45) is 5.92 Å². The standard InChI is InChI=1S/C16H18FNO3S/c17-13-6-8-14(9-7-13)22(20,21)15-10-18(11-15)16(19)12-4-2-1-3-5-12/h1-2,6-9,12,15H,3-5,10-11H2/t12-/m1/s1. The third-order valence-corrected chi connectivity index (χ3v) is 6.46. The minimum atomic E-state index is -3.49. The fourth-order valence-electron chi connectivity index (χ4n) is 2.91. The van der Waals surface area contributed by atoms with E-state index in [1.165, 1.54) is 12.1 Å². The maximum atomic E-state index is 12.9. The van der Waals surface area contributed by atoms with Gasteiger partial charge in [-0.2, -0.15) is 0 Å². The summed E-state index contributed by atoms with van der Waals surface area (Å²) >= 11 is 0. The van der Waals surface area contributed by atoms with Crippen molar-refractivity contribution < 1.29 is 17.6 Å². The number of amides is 1. The zero-order valence-corrected chi connectivity index (χ0v) is 12.9. The summed E-state index contributed by atoms with van der Waals surface area (Å²) in [5.74, 6) is -0.427. The highest BCUT2D eigenvalue weighted by Gasteiger charge is 2.41. The molecular formula is C16H18FNO3S. The summed E-state index contributed by atoms with van der Waals surface area (Å²) in [6.07, 6.45) is 6.56. The second-order valence-electron chi connectivity index (χ2n) is 5.85. The highest BCUT2D eigenvalue weighted by molar-refractivity contribution is 7.92. The van der Waals surface area contributed by atoms with E-state index in [9.17, 15) is 17.6 Å². The molecule has 1 aliphatic heterocycles. The smallest absolute Gasteiger partial charge is 0.226 e. The molecule has 0 radical (unpaired) electrons. The molecule has 1 fully saturated rings. The molecular weight excluding hydrogens is 305 g/mol. The van der Waals surface area contributed by atoms with Crippen molar-refractivity contribution >= 4 is 15.7 Å². The van der Waals surface area contributed by atoms with Crippen molar-refractivity contribution in [1.29, 1.82) is 0 Å². The number of carbonyl (C=O) groups excluding carboxylic acids is 1. The van der Waals surface area contributed by atoms with E-state index in [0.29, 0.717) is 0 Å². The molecule has 22 heavy (non-hydrogen) atoms. The van der Waals surface area contributed by atoms with Crippen LogP contribution in [0.5, 0.6) is 0 Å². The number of rotatable bonds is 3. The summed E-state index contributed by atoms with van der Waals surface area (Å²) in [5, 5.41) is -0.582. The van der Waals surface area contributed by atoms with Crippen molar-refractivity contribution in [1.82, 2.24) is 4.90 Å². The first-order valence-electron chi connectivity index (χ1n) is 7.42. The molecule has 1 aromatic carbocycles. The zero-order valence-electron chi connectivity index (χ0n) is 12.1. The number of sulfone groups is 1. The Morgan fingerprint density at radius 3 is 2.41 bits per heavy atom. The molecule has 1 aliphatic carbocycles. The number of halogens is 1. The van der Waals surface area contributed by atoms with E-state index in [4.69, 9.17) is 0 Å². The first-order chi connectivity index (χ1) is 10.5. The van der Waals surface area contributed by atoms with Gasteiger partial charge in [-0.3, -0.25) is 4.79 Å². The van der Waals surface area contributed by atoms with Gasteiger partial charge in [0.15, 0.2) is 9.84 Å². The maximum Gasteiger partial charge on any atom is 0.226 e. The van der Waals surface area contributed by atoms with Crippen LogP contribution in [0.15, 0.2) is 41.3 Å². The molecule has 0 N–H and O–H groups in total. The number of carbonyl (C=O) groups is 1. The lowest BCUT2D eigenvalue weighted by atomic mass is 9.92. The third kappa shape index (κ3) is 2.79. The first-order valence-corrected chi connectivity index (χ1v) is 8.96. The Labute approximate surface area is 129 Å². The quantitative estimate of drug-likeness (QED) is 0.633. The number of nitrogens with zero attached hydrogens (tertiary/aromatic N) is 1. The molecule has 1 heterocycles. The molecule has 0 unspecified atom stereocenters. The lowest BCUT2D eigenvalue weighted by Gasteiger charge is -2.40. The summed E-state index contributed by atoms with van der Waals surface area (Å²) in [6, 6.07) is 4.84. The average molecular weight is 323 g/mol. The fraction of sp³-hybridized carbons (Fsp3) is 0.438. The summed E-state index contributed by atoms with van der Waals surface area (Å²) in [6.45, 7) is 0.470. The van der Waals surface area contributed by atoms with E-state index in [1.54, 1.807) is 4.90 Å². The van der Waals surface area contributed by atoms with Gasteiger partial charge in [-0.05, 0) is 43.5 Å². The SMILES string of the molecule is O=C([C@@H]1CC=CCC1)N1CC(S(=O)(=O)c2ccc(F)cc2)C1. The van der Waals surface area contributed by atoms with Crippen LogP contribution in [0, 0.1) is 11.7 Å². The molecule has 2 aliphatic rings. The molecule has 0 saturated carbocycles. The molecule has 1 aromatic rings. The highest BCUT2D eigenvalue weighted by atomic mass is 32.2. The lowest BCUT2D eigenvalue weighted by Crippen LogP contribution is -2.58. The molecule has 1 amide bonds. The van der Waals surface area contributed by atoms with E-state index in [1.807, 2.05) is 6.08 Å². The van der Waals surface area contributed by atoms with Gasteiger partial charge >= 0.3 is 0 Å². The van der Waals surface area contributed by atoms with Crippen LogP contribution in [0.1, 0.15) is 19.3 Å². The average Bonchev–Trinajstić information content (AvgIpc) is 2.46. The Morgan fingerprint density at radius 1 is 1.14 bits per heavy atom. The fourth-order valence-corrected chi connectivity index (χ4v) is 4.56. The van der Waals surface area contributed by atoms with Crippen molar-refractivity contribution in [2.75, 3.05) is 13.1 Å². The van der Waals surface area contributed by atoms with Crippen LogP contribution in [-0.4, -0.2) is 37.6 Å². The third-order valence-electron chi connectivity index (χ3n) is 4.36. The second-order valence-corrected chi connectivity index (χ2v) is 8.07. The number of hydrogen-bond donors (Lipinski definition) is 0. The Bertz CT molecular complexity index is 691. The van der Waals surface area contributed by atoms with Crippen LogP contribution >= 0.6 is 0 Å². The Balaban J connectivity index is 1.63. The van der Waals surface area contributed by atoms with Crippen LogP contribution in [0.25, 0.3) is 0 Å². The Hall–Kier alpha value is -1.69. The molecule has 1 saturated heterocycles. The first kappa shape index (κ1) is 15.2. The Morgan fingerprint density at radius 2 is 1.82 bits per heavy atom. The second kappa shape index (κ2) is 5.83. The molecule has 0 spiro atoms. The van der Waals surface area contributed by atoms with Gasteiger partial charge in [0.25, 0.3) is 0 Å². The molecule has 4 nitrogen and oxygen atoms in total. The number of likely N-dealkylation sites (tertiary alicyclic amines) is 1. The minimum absolute atomic E-state index is 0.0144. The van der Waals surface area contributed by atoms with Gasteiger partial charge in [0.1, 0.15) is 11.1 Å².